The van der Waals surface area contributed by atoms with Crippen molar-refractivity contribution in [1.29, 1.82) is 0 Å². The monoisotopic (exact) mass is 433 g/mol. The number of nitrogens with zero attached hydrogens (tertiary/aromatic N) is 3. The van der Waals surface area contributed by atoms with Gasteiger partial charge in [0, 0.05) is 19.8 Å². The normalized spacial score (nSPS) is 11.5. The summed E-state index contributed by atoms with van der Waals surface area (Å²) in [7, 11) is -1.24. The molecule has 10 heteroatoms. The number of aromatic nitrogens is 2. The highest BCUT2D eigenvalue weighted by Gasteiger charge is 2.23. The Hall–Kier alpha value is -3.01. The third kappa shape index (κ3) is 5.32. The molecule has 2 rings (SSSR count). The van der Waals surface area contributed by atoms with Crippen LogP contribution >= 0.6 is 0 Å². The second-order valence-corrected chi connectivity index (χ2v) is 9.34. The minimum Gasteiger partial charge on any atom is -0.343 e. The Balaban J connectivity index is 2.31. The van der Waals surface area contributed by atoms with Crippen LogP contribution in [0.4, 0.5) is 10.5 Å². The zero-order chi connectivity index (χ0) is 22.6. The van der Waals surface area contributed by atoms with Crippen LogP contribution in [0.3, 0.4) is 0 Å². The van der Waals surface area contributed by atoms with Crippen LogP contribution in [0.1, 0.15) is 61.1 Å². The standard InChI is InChI=1S/C20H27N5O4S/c1-12(2)15-8-7-9-16(13(3)4)18(15)22-20(27)24-30(28,29)14-10-17(23-21-11-14)19(26)25(5)6/h7-13H,1-6H3,(H2,22,24,27). The average molecular weight is 434 g/mol. The molecular formula is C20H27N5O4S. The lowest BCUT2D eigenvalue weighted by molar-refractivity contribution is 0.0820. The molecule has 3 amide bonds. The van der Waals surface area contributed by atoms with Gasteiger partial charge in [0.25, 0.3) is 15.9 Å². The van der Waals surface area contributed by atoms with Gasteiger partial charge in [-0.2, -0.15) is 5.10 Å². The summed E-state index contributed by atoms with van der Waals surface area (Å²) in [5.74, 6) is -0.254. The Labute approximate surface area is 176 Å². The summed E-state index contributed by atoms with van der Waals surface area (Å²) in [5.41, 5.74) is 2.25. The van der Waals surface area contributed by atoms with Crippen molar-refractivity contribution in [2.24, 2.45) is 0 Å². The maximum atomic E-state index is 12.7. The Morgan fingerprint density at radius 1 is 1.03 bits per heavy atom. The lowest BCUT2D eigenvalue weighted by atomic mass is 9.93. The van der Waals surface area contributed by atoms with Crippen molar-refractivity contribution in [3.05, 3.63) is 47.3 Å². The number of sulfonamides is 1. The molecule has 0 bridgehead atoms. The molecule has 0 unspecified atom stereocenters. The van der Waals surface area contributed by atoms with E-state index in [0.717, 1.165) is 23.4 Å². The molecule has 0 fully saturated rings. The number of nitrogens with one attached hydrogen (secondary N) is 2. The minimum absolute atomic E-state index is 0.125. The number of urea groups is 1. The van der Waals surface area contributed by atoms with E-state index >= 15 is 0 Å². The van der Waals surface area contributed by atoms with E-state index in [9.17, 15) is 18.0 Å². The van der Waals surface area contributed by atoms with Crippen LogP contribution in [-0.2, 0) is 10.0 Å². The van der Waals surface area contributed by atoms with Crippen molar-refractivity contribution in [1.82, 2.24) is 19.8 Å². The Morgan fingerprint density at radius 3 is 2.10 bits per heavy atom. The first kappa shape index (κ1) is 23.3. The van der Waals surface area contributed by atoms with Gasteiger partial charge >= 0.3 is 6.03 Å². The van der Waals surface area contributed by atoms with E-state index < -0.39 is 22.0 Å². The summed E-state index contributed by atoms with van der Waals surface area (Å²) in [5, 5.41) is 9.90. The maximum absolute atomic E-state index is 12.7. The van der Waals surface area contributed by atoms with Crippen molar-refractivity contribution in [2.75, 3.05) is 19.4 Å². The molecule has 30 heavy (non-hydrogen) atoms. The number of benzene rings is 1. The van der Waals surface area contributed by atoms with Crippen LogP contribution in [-0.4, -0.2) is 49.5 Å². The van der Waals surface area contributed by atoms with Gasteiger partial charge in [0.15, 0.2) is 5.69 Å². The predicted octanol–water partition coefficient (Wildman–Crippen LogP) is 2.94. The van der Waals surface area contributed by atoms with E-state index in [4.69, 9.17) is 0 Å². The molecule has 1 aromatic heterocycles. The number of hydrogen-bond donors (Lipinski definition) is 2. The Kier molecular flexibility index (Phi) is 7.14. The zero-order valence-electron chi connectivity index (χ0n) is 17.9. The lowest BCUT2D eigenvalue weighted by Crippen LogP contribution is -2.35. The Bertz CT molecular complexity index is 1020. The van der Waals surface area contributed by atoms with Crippen LogP contribution < -0.4 is 10.0 Å². The van der Waals surface area contributed by atoms with Crippen molar-refractivity contribution in [2.45, 2.75) is 44.4 Å². The van der Waals surface area contributed by atoms with Crippen LogP contribution in [0, 0.1) is 0 Å². The van der Waals surface area contributed by atoms with Gasteiger partial charge < -0.3 is 10.2 Å². The molecule has 0 aliphatic heterocycles. The van der Waals surface area contributed by atoms with E-state index in [2.05, 4.69) is 15.5 Å². The number of anilines is 1. The van der Waals surface area contributed by atoms with Gasteiger partial charge in [-0.3, -0.25) is 4.79 Å². The molecular weight excluding hydrogens is 406 g/mol. The van der Waals surface area contributed by atoms with Crippen molar-refractivity contribution >= 4 is 27.6 Å². The van der Waals surface area contributed by atoms with Crippen LogP contribution in [0.25, 0.3) is 0 Å². The highest BCUT2D eigenvalue weighted by Crippen LogP contribution is 2.32. The number of carbonyl (C=O) groups is 2. The number of hydrogen-bond acceptors (Lipinski definition) is 6. The molecule has 0 aliphatic carbocycles. The van der Waals surface area contributed by atoms with E-state index in [1.807, 2.05) is 50.6 Å². The van der Waals surface area contributed by atoms with Gasteiger partial charge in [-0.25, -0.2) is 17.9 Å². The van der Waals surface area contributed by atoms with Gasteiger partial charge in [-0.05, 0) is 29.0 Å². The topological polar surface area (TPSA) is 121 Å². The fourth-order valence-corrected chi connectivity index (χ4v) is 3.71. The fourth-order valence-electron chi connectivity index (χ4n) is 2.84. The molecule has 1 heterocycles. The molecule has 0 spiro atoms. The smallest absolute Gasteiger partial charge is 0.333 e. The summed E-state index contributed by atoms with van der Waals surface area (Å²) < 4.78 is 27.3. The predicted molar refractivity (Wildman–Crippen MR) is 114 cm³/mol. The molecule has 9 nitrogen and oxygen atoms in total. The Morgan fingerprint density at radius 2 is 1.60 bits per heavy atom. The first-order valence-electron chi connectivity index (χ1n) is 9.45. The van der Waals surface area contributed by atoms with Crippen LogP contribution in [0.2, 0.25) is 0 Å². The van der Waals surface area contributed by atoms with Crippen LogP contribution in [0.15, 0.2) is 35.4 Å². The molecule has 1 aromatic carbocycles. The number of para-hydroxylation sites is 1. The first-order chi connectivity index (χ1) is 13.9. The van der Waals surface area contributed by atoms with E-state index in [1.165, 1.54) is 19.0 Å². The second kappa shape index (κ2) is 9.21. The van der Waals surface area contributed by atoms with Gasteiger partial charge in [-0.15, -0.1) is 5.10 Å². The van der Waals surface area contributed by atoms with E-state index in [1.54, 1.807) is 0 Å². The fraction of sp³-hybridized carbons (Fsp3) is 0.400. The molecule has 2 aromatic rings. The summed E-state index contributed by atoms with van der Waals surface area (Å²) in [6, 6.07) is 5.88. The average Bonchev–Trinajstić information content (AvgIpc) is 2.66. The quantitative estimate of drug-likeness (QED) is 0.722. The van der Waals surface area contributed by atoms with E-state index in [0.29, 0.717) is 5.69 Å². The third-order valence-electron chi connectivity index (χ3n) is 4.40. The summed E-state index contributed by atoms with van der Waals surface area (Å²) >= 11 is 0. The summed E-state index contributed by atoms with van der Waals surface area (Å²) in [6.07, 6.45) is 0.976. The molecule has 0 atom stereocenters. The lowest BCUT2D eigenvalue weighted by Gasteiger charge is -2.20. The van der Waals surface area contributed by atoms with E-state index in [-0.39, 0.29) is 22.4 Å². The van der Waals surface area contributed by atoms with Crippen molar-refractivity contribution in [3.63, 3.8) is 0 Å². The van der Waals surface area contributed by atoms with Crippen molar-refractivity contribution in [3.8, 4) is 0 Å². The molecule has 2 N–H and O–H groups in total. The highest BCUT2D eigenvalue weighted by atomic mass is 32.2. The first-order valence-corrected chi connectivity index (χ1v) is 10.9. The summed E-state index contributed by atoms with van der Waals surface area (Å²) in [6.45, 7) is 7.97. The molecule has 162 valence electrons. The summed E-state index contributed by atoms with van der Waals surface area (Å²) in [4.78, 5) is 25.5. The molecule has 0 saturated carbocycles. The number of rotatable bonds is 6. The highest BCUT2D eigenvalue weighted by molar-refractivity contribution is 7.90. The largest absolute Gasteiger partial charge is 0.343 e. The van der Waals surface area contributed by atoms with Gasteiger partial charge in [-0.1, -0.05) is 45.9 Å². The van der Waals surface area contributed by atoms with Gasteiger partial charge in [0.05, 0.1) is 6.20 Å². The van der Waals surface area contributed by atoms with Gasteiger partial charge in [0.2, 0.25) is 0 Å². The number of amides is 3. The van der Waals surface area contributed by atoms with Crippen LogP contribution in [0.5, 0.6) is 0 Å². The molecule has 0 aliphatic rings. The number of carbonyl (C=O) groups excluding carboxylic acids is 2. The van der Waals surface area contributed by atoms with Gasteiger partial charge in [0.1, 0.15) is 4.90 Å². The minimum atomic E-state index is -4.26. The van der Waals surface area contributed by atoms with Crippen molar-refractivity contribution < 1.29 is 18.0 Å². The maximum Gasteiger partial charge on any atom is 0.333 e. The molecule has 0 radical (unpaired) electrons. The SMILES string of the molecule is CC(C)c1cccc(C(C)C)c1NC(=O)NS(=O)(=O)c1cnnc(C(=O)N(C)C)c1. The third-order valence-corrected chi connectivity index (χ3v) is 5.70. The zero-order valence-corrected chi connectivity index (χ0v) is 18.7. The molecule has 0 saturated heterocycles. The second-order valence-electron chi connectivity index (χ2n) is 7.66.